The molecule has 56 valence electrons. The number of benzene rings is 1. The molecule has 0 aliphatic heterocycles. The van der Waals surface area contributed by atoms with Gasteiger partial charge >= 0.3 is 0 Å². The summed E-state index contributed by atoms with van der Waals surface area (Å²) in [6.45, 7) is 0. The van der Waals surface area contributed by atoms with Gasteiger partial charge in [0.2, 0.25) is 0 Å². The second-order valence-electron chi connectivity index (χ2n) is 2.05. The normalized spacial score (nSPS) is 10.7. The van der Waals surface area contributed by atoms with Gasteiger partial charge < -0.3 is 0 Å². The summed E-state index contributed by atoms with van der Waals surface area (Å²) in [6.07, 6.45) is 0. The van der Waals surface area contributed by atoms with E-state index in [2.05, 4.69) is 4.98 Å². The zero-order valence-corrected chi connectivity index (χ0v) is 6.92. The highest BCUT2D eigenvalue weighted by molar-refractivity contribution is 7.17. The standard InChI is InChI=1S/C7H3ClFNS/c8-4-2-1-3-5-6(4)10-7(9)11-5/h1-3H. The van der Waals surface area contributed by atoms with Gasteiger partial charge in [-0.25, -0.2) is 4.98 Å². The van der Waals surface area contributed by atoms with Crippen molar-refractivity contribution in [2.75, 3.05) is 0 Å². The van der Waals surface area contributed by atoms with Gasteiger partial charge in [-0.05, 0) is 12.1 Å². The van der Waals surface area contributed by atoms with Crippen LogP contribution in [0.2, 0.25) is 5.02 Å². The molecule has 0 unspecified atom stereocenters. The molecule has 0 saturated carbocycles. The van der Waals surface area contributed by atoms with Gasteiger partial charge in [0.05, 0.1) is 9.72 Å². The molecule has 1 aromatic heterocycles. The molecule has 4 heteroatoms. The minimum absolute atomic E-state index is 0.437. The molecule has 0 saturated heterocycles. The fourth-order valence-corrected chi connectivity index (χ4v) is 1.88. The highest BCUT2D eigenvalue weighted by atomic mass is 35.5. The van der Waals surface area contributed by atoms with Crippen molar-refractivity contribution < 1.29 is 4.39 Å². The van der Waals surface area contributed by atoms with E-state index in [0.29, 0.717) is 10.5 Å². The van der Waals surface area contributed by atoms with Crippen molar-refractivity contribution in [3.8, 4) is 0 Å². The second kappa shape index (κ2) is 2.43. The van der Waals surface area contributed by atoms with Crippen LogP contribution in [0.5, 0.6) is 0 Å². The molecule has 0 aliphatic carbocycles. The highest BCUT2D eigenvalue weighted by Crippen LogP contribution is 2.26. The van der Waals surface area contributed by atoms with Crippen molar-refractivity contribution in [2.45, 2.75) is 0 Å². The van der Waals surface area contributed by atoms with E-state index in [9.17, 15) is 4.39 Å². The summed E-state index contributed by atoms with van der Waals surface area (Å²) in [5, 5.41) is 0.0655. The van der Waals surface area contributed by atoms with E-state index in [0.717, 1.165) is 16.0 Å². The maximum Gasteiger partial charge on any atom is 0.270 e. The molecule has 0 atom stereocenters. The predicted molar refractivity (Wildman–Crippen MR) is 44.6 cm³/mol. The van der Waals surface area contributed by atoms with Crippen molar-refractivity contribution in [3.05, 3.63) is 28.5 Å². The van der Waals surface area contributed by atoms with Crippen molar-refractivity contribution in [1.29, 1.82) is 0 Å². The quantitative estimate of drug-likeness (QED) is 0.618. The van der Waals surface area contributed by atoms with E-state index in [1.807, 2.05) is 0 Å². The lowest BCUT2D eigenvalue weighted by atomic mass is 10.3. The Morgan fingerprint density at radius 1 is 1.45 bits per heavy atom. The van der Waals surface area contributed by atoms with E-state index >= 15 is 0 Å². The monoisotopic (exact) mass is 187 g/mol. The number of aromatic nitrogens is 1. The number of fused-ring (bicyclic) bond motifs is 1. The first-order valence-corrected chi connectivity index (χ1v) is 4.17. The third kappa shape index (κ3) is 1.10. The summed E-state index contributed by atoms with van der Waals surface area (Å²) in [5.74, 6) is 0. The van der Waals surface area contributed by atoms with Crippen LogP contribution in [-0.2, 0) is 0 Å². The smallest absolute Gasteiger partial charge is 0.208 e. The Bertz CT molecular complexity index is 398. The molecule has 1 heterocycles. The fourth-order valence-electron chi connectivity index (χ4n) is 0.888. The van der Waals surface area contributed by atoms with Crippen LogP contribution in [-0.4, -0.2) is 4.98 Å². The summed E-state index contributed by atoms with van der Waals surface area (Å²) in [5.41, 5.74) is 0.552. The Balaban J connectivity index is 2.90. The van der Waals surface area contributed by atoms with E-state index in [4.69, 9.17) is 11.6 Å². The fraction of sp³-hybridized carbons (Fsp3) is 0. The molecule has 0 spiro atoms. The van der Waals surface area contributed by atoms with Crippen LogP contribution in [0.1, 0.15) is 0 Å². The molecular weight excluding hydrogens is 185 g/mol. The average Bonchev–Trinajstić information content (AvgIpc) is 2.31. The summed E-state index contributed by atoms with van der Waals surface area (Å²) in [7, 11) is 0. The van der Waals surface area contributed by atoms with Gasteiger partial charge in [0.15, 0.2) is 0 Å². The van der Waals surface area contributed by atoms with E-state index in [-0.39, 0.29) is 0 Å². The Labute approximate surface area is 71.4 Å². The Morgan fingerprint density at radius 2 is 2.27 bits per heavy atom. The van der Waals surface area contributed by atoms with Crippen LogP contribution < -0.4 is 0 Å². The lowest BCUT2D eigenvalue weighted by Crippen LogP contribution is -1.69. The largest absolute Gasteiger partial charge is 0.270 e. The SMILES string of the molecule is Fc1nc2c(Cl)cccc2s1. The predicted octanol–water partition coefficient (Wildman–Crippen LogP) is 3.09. The molecule has 0 N–H and O–H groups in total. The van der Waals surface area contributed by atoms with Gasteiger partial charge in [0.1, 0.15) is 5.52 Å². The van der Waals surface area contributed by atoms with Crippen LogP contribution in [0.15, 0.2) is 18.2 Å². The number of rotatable bonds is 0. The molecule has 0 bridgehead atoms. The van der Waals surface area contributed by atoms with Crippen molar-refractivity contribution in [2.24, 2.45) is 0 Å². The molecule has 0 amide bonds. The molecule has 1 aromatic carbocycles. The van der Waals surface area contributed by atoms with Crippen LogP contribution in [0.3, 0.4) is 0 Å². The first-order valence-electron chi connectivity index (χ1n) is 2.98. The number of thiazole rings is 1. The zero-order valence-electron chi connectivity index (χ0n) is 5.34. The first kappa shape index (κ1) is 7.00. The van der Waals surface area contributed by atoms with Crippen LogP contribution in [0, 0.1) is 5.26 Å². The minimum Gasteiger partial charge on any atom is -0.208 e. The molecule has 0 fully saturated rings. The molecule has 2 rings (SSSR count). The number of hydrogen-bond acceptors (Lipinski definition) is 2. The number of halogens is 2. The summed E-state index contributed by atoms with van der Waals surface area (Å²) in [4.78, 5) is 3.63. The highest BCUT2D eigenvalue weighted by Gasteiger charge is 2.04. The van der Waals surface area contributed by atoms with Gasteiger partial charge in [0, 0.05) is 0 Å². The van der Waals surface area contributed by atoms with Gasteiger partial charge in [-0.3, -0.25) is 0 Å². The lowest BCUT2D eigenvalue weighted by Gasteiger charge is -1.87. The summed E-state index contributed by atoms with van der Waals surface area (Å²) < 4.78 is 13.3. The molecule has 0 radical (unpaired) electrons. The Morgan fingerprint density at radius 3 is 3.00 bits per heavy atom. The van der Waals surface area contributed by atoms with Gasteiger partial charge in [-0.1, -0.05) is 29.0 Å². The third-order valence-corrected chi connectivity index (χ3v) is 2.46. The molecule has 0 aliphatic rings. The van der Waals surface area contributed by atoms with Crippen LogP contribution in [0.25, 0.3) is 10.2 Å². The molecule has 11 heavy (non-hydrogen) atoms. The maximum absolute atomic E-state index is 12.6. The van der Waals surface area contributed by atoms with Crippen LogP contribution >= 0.6 is 22.9 Å². The Hall–Kier alpha value is -0.670. The Kier molecular flexibility index (Phi) is 1.55. The van der Waals surface area contributed by atoms with Crippen molar-refractivity contribution in [3.63, 3.8) is 0 Å². The number of hydrogen-bond donors (Lipinski definition) is 0. The molecule has 1 nitrogen and oxygen atoms in total. The number of nitrogens with zero attached hydrogens (tertiary/aromatic N) is 1. The minimum atomic E-state index is -0.437. The topological polar surface area (TPSA) is 12.9 Å². The van der Waals surface area contributed by atoms with Gasteiger partial charge in [0.25, 0.3) is 5.26 Å². The molecule has 2 aromatic rings. The summed E-state index contributed by atoms with van der Waals surface area (Å²) in [6, 6.07) is 5.27. The lowest BCUT2D eigenvalue weighted by molar-refractivity contribution is 0.620. The second-order valence-corrected chi connectivity index (χ2v) is 3.44. The van der Waals surface area contributed by atoms with Crippen molar-refractivity contribution >= 4 is 33.2 Å². The zero-order chi connectivity index (χ0) is 7.84. The van der Waals surface area contributed by atoms with Crippen molar-refractivity contribution in [1.82, 2.24) is 4.98 Å². The number of para-hydroxylation sites is 1. The third-order valence-electron chi connectivity index (χ3n) is 1.34. The average molecular weight is 188 g/mol. The van der Waals surface area contributed by atoms with E-state index in [1.54, 1.807) is 18.2 Å². The van der Waals surface area contributed by atoms with E-state index < -0.39 is 5.26 Å². The molecular formula is C7H3ClFNS. The van der Waals surface area contributed by atoms with Crippen LogP contribution in [0.4, 0.5) is 4.39 Å². The van der Waals surface area contributed by atoms with Gasteiger partial charge in [-0.15, -0.1) is 0 Å². The van der Waals surface area contributed by atoms with E-state index in [1.165, 1.54) is 0 Å². The van der Waals surface area contributed by atoms with Gasteiger partial charge in [-0.2, -0.15) is 4.39 Å². The summed E-state index contributed by atoms with van der Waals surface area (Å²) >= 11 is 6.75. The maximum atomic E-state index is 12.6. The first-order chi connectivity index (χ1) is 5.27.